The summed E-state index contributed by atoms with van der Waals surface area (Å²) in [6, 6.07) is 16.4. The lowest BCUT2D eigenvalue weighted by atomic mass is 9.98. The molecule has 0 N–H and O–H groups in total. The van der Waals surface area contributed by atoms with E-state index in [1.165, 1.54) is 30.5 Å². The predicted molar refractivity (Wildman–Crippen MR) is 105 cm³/mol. The summed E-state index contributed by atoms with van der Waals surface area (Å²) < 4.78 is 61.8. The van der Waals surface area contributed by atoms with Gasteiger partial charge in [0.1, 0.15) is 5.82 Å². The number of halogens is 4. The average molecular weight is 413 g/mol. The zero-order valence-corrected chi connectivity index (χ0v) is 15.7. The molecule has 1 heterocycles. The zero-order chi connectivity index (χ0) is 21.5. The maximum absolute atomic E-state index is 14.6. The molecule has 3 aromatic carbocycles. The van der Waals surface area contributed by atoms with Crippen LogP contribution in [0.15, 0.2) is 72.9 Å². The molecule has 7 heteroatoms. The van der Waals surface area contributed by atoms with Crippen LogP contribution in [0.2, 0.25) is 0 Å². The molecule has 0 atom stereocenters. The Balaban J connectivity index is 2.09. The molecule has 0 radical (unpaired) electrons. The number of hydrogen-bond donors (Lipinski definition) is 0. The van der Waals surface area contributed by atoms with Crippen LogP contribution in [0.5, 0.6) is 0 Å². The number of aromatic nitrogens is 1. The lowest BCUT2D eigenvalue weighted by molar-refractivity contribution is -0.137. The van der Waals surface area contributed by atoms with Crippen molar-refractivity contribution < 1.29 is 27.1 Å². The fraction of sp³-hybridized carbons (Fsp3) is 0.0870. The highest BCUT2D eigenvalue weighted by Crippen LogP contribution is 2.41. The third-order valence-corrected chi connectivity index (χ3v) is 4.86. The van der Waals surface area contributed by atoms with Crippen molar-refractivity contribution in [1.29, 1.82) is 0 Å². The normalized spacial score (nSPS) is 11.6. The number of esters is 1. The van der Waals surface area contributed by atoms with Gasteiger partial charge in [-0.05, 0) is 35.9 Å². The van der Waals surface area contributed by atoms with Crippen LogP contribution in [-0.4, -0.2) is 17.6 Å². The number of benzene rings is 3. The van der Waals surface area contributed by atoms with E-state index in [4.69, 9.17) is 0 Å². The molecule has 30 heavy (non-hydrogen) atoms. The molecule has 0 amide bonds. The SMILES string of the molecule is COC(=O)c1cc2c(-c3ccccc3C(F)(F)F)cn(-c3ccccc3)c2cc1F. The lowest BCUT2D eigenvalue weighted by Crippen LogP contribution is -2.07. The first-order valence-corrected chi connectivity index (χ1v) is 8.96. The van der Waals surface area contributed by atoms with Gasteiger partial charge < -0.3 is 9.30 Å². The first kappa shape index (κ1) is 19.7. The summed E-state index contributed by atoms with van der Waals surface area (Å²) in [6.07, 6.45) is -3.06. The third kappa shape index (κ3) is 3.32. The second-order valence-corrected chi connectivity index (χ2v) is 6.63. The molecule has 0 saturated carbocycles. The van der Waals surface area contributed by atoms with Crippen molar-refractivity contribution in [3.63, 3.8) is 0 Å². The van der Waals surface area contributed by atoms with E-state index in [1.54, 1.807) is 34.9 Å². The van der Waals surface area contributed by atoms with Gasteiger partial charge in [-0.25, -0.2) is 9.18 Å². The number of ether oxygens (including phenoxy) is 1. The minimum absolute atomic E-state index is 0.0629. The van der Waals surface area contributed by atoms with Crippen molar-refractivity contribution in [3.05, 3.63) is 89.9 Å². The van der Waals surface area contributed by atoms with Crippen molar-refractivity contribution in [3.8, 4) is 16.8 Å². The molecule has 1 aromatic heterocycles. The maximum Gasteiger partial charge on any atom is 0.417 e. The fourth-order valence-corrected chi connectivity index (χ4v) is 3.49. The van der Waals surface area contributed by atoms with Gasteiger partial charge in [0.05, 0.1) is 23.8 Å². The lowest BCUT2D eigenvalue weighted by Gasteiger charge is -2.12. The first-order valence-electron chi connectivity index (χ1n) is 8.96. The van der Waals surface area contributed by atoms with E-state index in [0.29, 0.717) is 16.6 Å². The molecule has 4 rings (SSSR count). The Morgan fingerprint density at radius 2 is 1.60 bits per heavy atom. The monoisotopic (exact) mass is 413 g/mol. The summed E-state index contributed by atoms with van der Waals surface area (Å²) in [5, 5.41) is 0.303. The number of rotatable bonds is 3. The Kier molecular flexibility index (Phi) is 4.81. The van der Waals surface area contributed by atoms with E-state index in [1.807, 2.05) is 0 Å². The quantitative estimate of drug-likeness (QED) is 0.294. The van der Waals surface area contributed by atoms with Crippen LogP contribution in [0, 0.1) is 5.82 Å². The predicted octanol–water partition coefficient (Wildman–Crippen LogP) is 6.24. The minimum atomic E-state index is -4.58. The standard InChI is InChI=1S/C23H15F4NO2/c1-30-22(29)17-11-16-18(15-9-5-6-10-19(15)23(25,26)27)13-28(21(16)12-20(17)24)14-7-3-2-4-8-14/h2-13H,1H3. The molecule has 0 aliphatic heterocycles. The minimum Gasteiger partial charge on any atom is -0.465 e. The molecule has 152 valence electrons. The molecule has 4 aromatic rings. The van der Waals surface area contributed by atoms with Crippen LogP contribution < -0.4 is 0 Å². The number of nitrogens with zero attached hydrogens (tertiary/aromatic N) is 1. The molecule has 0 unspecified atom stereocenters. The highest BCUT2D eigenvalue weighted by Gasteiger charge is 2.34. The first-order chi connectivity index (χ1) is 14.3. The van der Waals surface area contributed by atoms with Crippen molar-refractivity contribution in [2.45, 2.75) is 6.18 Å². The van der Waals surface area contributed by atoms with Gasteiger partial charge >= 0.3 is 12.1 Å². The number of methoxy groups -OCH3 is 1. The van der Waals surface area contributed by atoms with Gasteiger partial charge in [0.2, 0.25) is 0 Å². The highest BCUT2D eigenvalue weighted by molar-refractivity contribution is 6.02. The maximum atomic E-state index is 14.6. The van der Waals surface area contributed by atoms with Crippen LogP contribution in [0.25, 0.3) is 27.7 Å². The zero-order valence-electron chi connectivity index (χ0n) is 15.7. The van der Waals surface area contributed by atoms with Crippen molar-refractivity contribution >= 4 is 16.9 Å². The second kappa shape index (κ2) is 7.33. The van der Waals surface area contributed by atoms with Crippen LogP contribution >= 0.6 is 0 Å². The van der Waals surface area contributed by atoms with Crippen molar-refractivity contribution in [2.24, 2.45) is 0 Å². The smallest absolute Gasteiger partial charge is 0.417 e. The van der Waals surface area contributed by atoms with E-state index < -0.39 is 23.5 Å². The number of carbonyl (C=O) groups excluding carboxylic acids is 1. The molecule has 0 aliphatic carbocycles. The summed E-state index contributed by atoms with van der Waals surface area (Å²) in [5.74, 6) is -1.72. The van der Waals surface area contributed by atoms with Gasteiger partial charge in [0.15, 0.2) is 0 Å². The summed E-state index contributed by atoms with van der Waals surface area (Å²) in [4.78, 5) is 12.0. The molecular weight excluding hydrogens is 398 g/mol. The van der Waals surface area contributed by atoms with Crippen molar-refractivity contribution in [2.75, 3.05) is 7.11 Å². The summed E-state index contributed by atoms with van der Waals surface area (Å²) in [6.45, 7) is 0. The molecule has 0 saturated heterocycles. The Morgan fingerprint density at radius 3 is 2.27 bits per heavy atom. The molecule has 0 fully saturated rings. The Bertz CT molecular complexity index is 1240. The van der Waals surface area contributed by atoms with Gasteiger partial charge in [0.25, 0.3) is 0 Å². The largest absolute Gasteiger partial charge is 0.465 e. The van der Waals surface area contributed by atoms with Crippen molar-refractivity contribution in [1.82, 2.24) is 4.57 Å². The molecule has 0 aliphatic rings. The van der Waals surface area contributed by atoms with Crippen LogP contribution in [0.1, 0.15) is 15.9 Å². The van der Waals surface area contributed by atoms with E-state index in [-0.39, 0.29) is 16.7 Å². The van der Waals surface area contributed by atoms with Gasteiger partial charge in [0, 0.05) is 22.8 Å². The highest BCUT2D eigenvalue weighted by atomic mass is 19.4. The number of fused-ring (bicyclic) bond motifs is 1. The van der Waals surface area contributed by atoms with Gasteiger partial charge in [-0.15, -0.1) is 0 Å². The number of hydrogen-bond acceptors (Lipinski definition) is 2. The molecule has 3 nitrogen and oxygen atoms in total. The summed E-state index contributed by atoms with van der Waals surface area (Å²) in [7, 11) is 1.11. The number of alkyl halides is 3. The third-order valence-electron chi connectivity index (χ3n) is 4.86. The van der Waals surface area contributed by atoms with Crippen LogP contribution in [0.4, 0.5) is 17.6 Å². The number of carbonyl (C=O) groups is 1. The Morgan fingerprint density at radius 1 is 0.933 bits per heavy atom. The average Bonchev–Trinajstić information content (AvgIpc) is 3.10. The topological polar surface area (TPSA) is 31.2 Å². The summed E-state index contributed by atoms with van der Waals surface area (Å²) >= 11 is 0. The van der Waals surface area contributed by atoms with Gasteiger partial charge in [-0.1, -0.05) is 36.4 Å². The Labute approximate surface area is 169 Å². The fourth-order valence-electron chi connectivity index (χ4n) is 3.49. The van der Waals surface area contributed by atoms with E-state index in [2.05, 4.69) is 4.74 Å². The van der Waals surface area contributed by atoms with Crippen LogP contribution in [0.3, 0.4) is 0 Å². The van der Waals surface area contributed by atoms with E-state index in [0.717, 1.165) is 19.2 Å². The van der Waals surface area contributed by atoms with Gasteiger partial charge in [-0.3, -0.25) is 0 Å². The summed E-state index contributed by atoms with van der Waals surface area (Å²) in [5.41, 5.74) is -0.0246. The second-order valence-electron chi connectivity index (χ2n) is 6.63. The van der Waals surface area contributed by atoms with E-state index >= 15 is 0 Å². The molecule has 0 bridgehead atoms. The molecular formula is C23H15F4NO2. The number of para-hydroxylation sites is 1. The molecule has 0 spiro atoms. The van der Waals surface area contributed by atoms with Gasteiger partial charge in [-0.2, -0.15) is 13.2 Å². The van der Waals surface area contributed by atoms with Crippen LogP contribution in [-0.2, 0) is 10.9 Å². The van der Waals surface area contributed by atoms with E-state index in [9.17, 15) is 22.4 Å². The Hall–Kier alpha value is -3.61.